The van der Waals surface area contributed by atoms with E-state index in [2.05, 4.69) is 5.32 Å². The number of nitrogens with zero attached hydrogens (tertiary/aromatic N) is 2. The van der Waals surface area contributed by atoms with Gasteiger partial charge in [0.05, 0.1) is 11.9 Å². The van der Waals surface area contributed by atoms with Gasteiger partial charge in [-0.25, -0.2) is 8.42 Å². The largest absolute Gasteiger partial charge is 0.352 e. The zero-order valence-corrected chi connectivity index (χ0v) is 21.4. The third-order valence-corrected chi connectivity index (χ3v) is 6.85. The third-order valence-electron chi connectivity index (χ3n) is 5.72. The van der Waals surface area contributed by atoms with E-state index in [0.717, 1.165) is 32.8 Å². The molecule has 2 amide bonds. The van der Waals surface area contributed by atoms with Crippen LogP contribution in [0.1, 0.15) is 43.0 Å². The smallest absolute Gasteiger partial charge is 0.244 e. The molecule has 0 fully saturated rings. The first-order chi connectivity index (χ1) is 15.3. The number of carbonyl (C=O) groups is 2. The Morgan fingerprint density at radius 1 is 0.939 bits per heavy atom. The van der Waals surface area contributed by atoms with Crippen molar-refractivity contribution in [2.24, 2.45) is 0 Å². The Bertz CT molecular complexity index is 1110. The van der Waals surface area contributed by atoms with Crippen molar-refractivity contribution in [1.29, 1.82) is 0 Å². The number of hydrogen-bond acceptors (Lipinski definition) is 4. The fourth-order valence-electron chi connectivity index (χ4n) is 3.56. The van der Waals surface area contributed by atoms with E-state index in [-0.39, 0.29) is 18.5 Å². The monoisotopic (exact) mass is 473 g/mol. The minimum atomic E-state index is -3.75. The summed E-state index contributed by atoms with van der Waals surface area (Å²) < 4.78 is 26.5. The molecule has 0 aromatic heterocycles. The highest BCUT2D eigenvalue weighted by Crippen LogP contribution is 2.25. The van der Waals surface area contributed by atoms with Crippen molar-refractivity contribution in [1.82, 2.24) is 10.2 Å². The molecule has 1 atom stereocenters. The molecule has 2 rings (SSSR count). The molecule has 2 aromatic rings. The predicted molar refractivity (Wildman–Crippen MR) is 133 cm³/mol. The third kappa shape index (κ3) is 6.81. The van der Waals surface area contributed by atoms with Crippen LogP contribution in [0.3, 0.4) is 0 Å². The Hall–Kier alpha value is -2.87. The summed E-state index contributed by atoms with van der Waals surface area (Å²) in [7, 11) is -3.75. The zero-order chi connectivity index (χ0) is 24.9. The van der Waals surface area contributed by atoms with Gasteiger partial charge in [-0.05, 0) is 69.9 Å². The lowest BCUT2D eigenvalue weighted by Gasteiger charge is -2.32. The first kappa shape index (κ1) is 26.4. The van der Waals surface area contributed by atoms with Crippen molar-refractivity contribution >= 4 is 27.5 Å². The number of sulfonamides is 1. The predicted octanol–water partition coefficient (Wildman–Crippen LogP) is 3.32. The molecule has 0 heterocycles. The number of amides is 2. The van der Waals surface area contributed by atoms with Crippen LogP contribution in [-0.2, 0) is 26.2 Å². The molecular weight excluding hydrogens is 438 g/mol. The minimum Gasteiger partial charge on any atom is -0.352 e. The normalized spacial score (nSPS) is 12.4. The number of nitrogens with one attached hydrogen (secondary N) is 1. The number of carbonyl (C=O) groups excluding carboxylic acids is 2. The Morgan fingerprint density at radius 2 is 1.55 bits per heavy atom. The van der Waals surface area contributed by atoms with Crippen molar-refractivity contribution in [2.75, 3.05) is 17.1 Å². The highest BCUT2D eigenvalue weighted by atomic mass is 32.2. The van der Waals surface area contributed by atoms with Gasteiger partial charge in [-0.15, -0.1) is 0 Å². The van der Waals surface area contributed by atoms with Crippen LogP contribution >= 0.6 is 0 Å². The van der Waals surface area contributed by atoms with Gasteiger partial charge in [-0.2, -0.15) is 0 Å². The van der Waals surface area contributed by atoms with Gasteiger partial charge in [0.15, 0.2) is 0 Å². The second-order valence-electron chi connectivity index (χ2n) is 8.78. The van der Waals surface area contributed by atoms with E-state index in [0.29, 0.717) is 5.69 Å². The van der Waals surface area contributed by atoms with Gasteiger partial charge in [0.1, 0.15) is 12.6 Å². The highest BCUT2D eigenvalue weighted by Gasteiger charge is 2.31. The van der Waals surface area contributed by atoms with Gasteiger partial charge in [0.25, 0.3) is 0 Å². The molecule has 0 bridgehead atoms. The summed E-state index contributed by atoms with van der Waals surface area (Å²) in [5.41, 5.74) is 4.05. The van der Waals surface area contributed by atoms with Crippen molar-refractivity contribution < 1.29 is 18.0 Å². The summed E-state index contributed by atoms with van der Waals surface area (Å²) in [6, 6.07) is 12.1. The highest BCUT2D eigenvalue weighted by molar-refractivity contribution is 7.92. The van der Waals surface area contributed by atoms with Gasteiger partial charge < -0.3 is 10.2 Å². The molecule has 0 aliphatic heterocycles. The van der Waals surface area contributed by atoms with Gasteiger partial charge >= 0.3 is 0 Å². The molecule has 33 heavy (non-hydrogen) atoms. The van der Waals surface area contributed by atoms with Crippen molar-refractivity contribution in [3.8, 4) is 0 Å². The number of aryl methyl sites for hydroxylation is 2. The van der Waals surface area contributed by atoms with E-state index in [1.54, 1.807) is 19.1 Å². The Morgan fingerprint density at radius 3 is 2.12 bits per heavy atom. The average molecular weight is 474 g/mol. The summed E-state index contributed by atoms with van der Waals surface area (Å²) >= 11 is 0. The molecule has 1 N–H and O–H groups in total. The lowest BCUT2D eigenvalue weighted by Crippen LogP contribution is -2.52. The maximum absolute atomic E-state index is 13.6. The molecule has 0 saturated carbocycles. The van der Waals surface area contributed by atoms with E-state index in [4.69, 9.17) is 0 Å². The molecule has 0 aliphatic carbocycles. The van der Waals surface area contributed by atoms with Crippen LogP contribution in [-0.4, -0.2) is 50.0 Å². The topological polar surface area (TPSA) is 86.8 Å². The van der Waals surface area contributed by atoms with E-state index in [1.165, 1.54) is 4.90 Å². The molecule has 2 aromatic carbocycles. The lowest BCUT2D eigenvalue weighted by molar-refractivity contribution is -0.139. The first-order valence-corrected chi connectivity index (χ1v) is 12.9. The average Bonchev–Trinajstić information content (AvgIpc) is 2.71. The van der Waals surface area contributed by atoms with Crippen LogP contribution in [0.25, 0.3) is 0 Å². The fourth-order valence-corrected chi connectivity index (χ4v) is 4.46. The molecule has 7 nitrogen and oxygen atoms in total. The van der Waals surface area contributed by atoms with Crippen LogP contribution in [0.15, 0.2) is 42.5 Å². The molecule has 0 aliphatic rings. The van der Waals surface area contributed by atoms with Gasteiger partial charge in [-0.1, -0.05) is 36.4 Å². The summed E-state index contributed by atoms with van der Waals surface area (Å²) in [6.45, 7) is 10.8. The van der Waals surface area contributed by atoms with Crippen LogP contribution in [0.4, 0.5) is 5.69 Å². The molecule has 0 spiro atoms. The van der Waals surface area contributed by atoms with Gasteiger partial charge in [-0.3, -0.25) is 13.9 Å². The lowest BCUT2D eigenvalue weighted by atomic mass is 10.1. The second-order valence-corrected chi connectivity index (χ2v) is 10.7. The van der Waals surface area contributed by atoms with Gasteiger partial charge in [0.2, 0.25) is 21.8 Å². The van der Waals surface area contributed by atoms with Crippen LogP contribution < -0.4 is 9.62 Å². The van der Waals surface area contributed by atoms with Gasteiger partial charge in [0, 0.05) is 12.6 Å². The zero-order valence-electron chi connectivity index (χ0n) is 20.5. The second kappa shape index (κ2) is 10.8. The van der Waals surface area contributed by atoms with E-state index in [9.17, 15) is 18.0 Å². The molecule has 0 radical (unpaired) electrons. The SMILES string of the molecule is Cc1ccccc1CN(C(=O)CN(c1cccc(C)c1C)S(C)(=O)=O)C(C)C(=O)NC(C)C. The summed E-state index contributed by atoms with van der Waals surface area (Å²) in [4.78, 5) is 27.8. The summed E-state index contributed by atoms with van der Waals surface area (Å²) in [6.07, 6.45) is 1.09. The maximum Gasteiger partial charge on any atom is 0.244 e. The first-order valence-electron chi connectivity index (χ1n) is 11.0. The minimum absolute atomic E-state index is 0.0853. The number of rotatable bonds is 9. The molecule has 180 valence electrons. The standard InChI is InChI=1S/C25H35N3O4S/c1-17(2)26-25(30)21(6)27(15-22-13-9-8-11-19(22)4)24(29)16-28(33(7,31)32)23-14-10-12-18(3)20(23)5/h8-14,17,21H,15-16H2,1-7H3,(H,26,30). The number of anilines is 1. The maximum atomic E-state index is 13.6. The van der Waals surface area contributed by atoms with Crippen LogP contribution in [0, 0.1) is 20.8 Å². The van der Waals surface area contributed by atoms with Crippen molar-refractivity contribution in [3.63, 3.8) is 0 Å². The summed E-state index contributed by atoms with van der Waals surface area (Å²) in [5.74, 6) is -0.736. The number of benzene rings is 2. The molecule has 1 unspecified atom stereocenters. The summed E-state index contributed by atoms with van der Waals surface area (Å²) in [5, 5.41) is 2.85. The Kier molecular flexibility index (Phi) is 8.66. The van der Waals surface area contributed by atoms with Crippen molar-refractivity contribution in [2.45, 2.75) is 60.2 Å². The van der Waals surface area contributed by atoms with E-state index in [1.807, 2.05) is 65.0 Å². The quantitative estimate of drug-likeness (QED) is 0.605. The molecular formula is C25H35N3O4S. The van der Waals surface area contributed by atoms with Crippen LogP contribution in [0.2, 0.25) is 0 Å². The molecule has 0 saturated heterocycles. The number of hydrogen-bond donors (Lipinski definition) is 1. The Balaban J connectivity index is 2.45. The fraction of sp³-hybridized carbons (Fsp3) is 0.440. The van der Waals surface area contributed by atoms with E-state index < -0.39 is 28.5 Å². The Labute approximate surface area is 197 Å². The molecule has 8 heteroatoms. The van der Waals surface area contributed by atoms with Crippen molar-refractivity contribution in [3.05, 3.63) is 64.7 Å². The van der Waals surface area contributed by atoms with E-state index >= 15 is 0 Å². The van der Waals surface area contributed by atoms with Crippen LogP contribution in [0.5, 0.6) is 0 Å².